The number of aliphatic imine (C=N–C) groups is 1. The van der Waals surface area contributed by atoms with Gasteiger partial charge >= 0.3 is 0 Å². The average Bonchev–Trinajstić information content (AvgIpc) is 2.48. The van der Waals surface area contributed by atoms with E-state index < -0.39 is 0 Å². The SMILES string of the molecule is Cn1c2c(c3cnccc31)C=NC=CC2. The largest absolute Gasteiger partial charge is 0.347 e. The Bertz CT molecular complexity index is 576. The van der Waals surface area contributed by atoms with Gasteiger partial charge in [-0.25, -0.2) is 0 Å². The fourth-order valence-corrected chi connectivity index (χ4v) is 2.10. The maximum Gasteiger partial charge on any atom is 0.0517 e. The van der Waals surface area contributed by atoms with Crippen LogP contribution in [0.5, 0.6) is 0 Å². The van der Waals surface area contributed by atoms with Gasteiger partial charge < -0.3 is 4.57 Å². The molecule has 0 fully saturated rings. The third-order valence-electron chi connectivity index (χ3n) is 2.87. The predicted octanol–water partition coefficient (Wildman–Crippen LogP) is 2.06. The molecular formula is C12H11N3. The van der Waals surface area contributed by atoms with Gasteiger partial charge in [-0.15, -0.1) is 0 Å². The van der Waals surface area contributed by atoms with Crippen molar-refractivity contribution in [3.8, 4) is 0 Å². The van der Waals surface area contributed by atoms with Crippen molar-refractivity contribution in [1.82, 2.24) is 9.55 Å². The molecule has 2 aromatic rings. The fourth-order valence-electron chi connectivity index (χ4n) is 2.10. The van der Waals surface area contributed by atoms with Crippen molar-refractivity contribution in [3.05, 3.63) is 42.0 Å². The van der Waals surface area contributed by atoms with Gasteiger partial charge in [-0.2, -0.15) is 0 Å². The van der Waals surface area contributed by atoms with Crippen LogP contribution in [-0.2, 0) is 13.5 Å². The van der Waals surface area contributed by atoms with E-state index in [9.17, 15) is 0 Å². The molecule has 1 aliphatic heterocycles. The molecule has 0 amide bonds. The van der Waals surface area contributed by atoms with E-state index in [1.165, 1.54) is 22.2 Å². The summed E-state index contributed by atoms with van der Waals surface area (Å²) in [5.74, 6) is 0. The third-order valence-corrected chi connectivity index (χ3v) is 2.87. The second-order valence-corrected chi connectivity index (χ2v) is 3.68. The van der Waals surface area contributed by atoms with Crippen molar-refractivity contribution < 1.29 is 0 Å². The van der Waals surface area contributed by atoms with Gasteiger partial charge in [0.25, 0.3) is 0 Å². The standard InChI is InChI=1S/C12H11N3/c1-15-11-3-2-5-13-7-9(11)10-8-14-6-4-12(10)15/h2,4-8H,3H2,1H3. The van der Waals surface area contributed by atoms with E-state index in [-0.39, 0.29) is 0 Å². The number of hydrogen-bond donors (Lipinski definition) is 0. The molecule has 1 aliphatic rings. The molecule has 0 N–H and O–H groups in total. The summed E-state index contributed by atoms with van der Waals surface area (Å²) >= 11 is 0. The highest BCUT2D eigenvalue weighted by atomic mass is 15.0. The number of aromatic nitrogens is 2. The Morgan fingerprint density at radius 1 is 1.40 bits per heavy atom. The highest BCUT2D eigenvalue weighted by molar-refractivity contribution is 6.01. The Morgan fingerprint density at radius 2 is 2.33 bits per heavy atom. The van der Waals surface area contributed by atoms with Gasteiger partial charge in [0.1, 0.15) is 0 Å². The maximum absolute atomic E-state index is 4.23. The first-order chi connectivity index (χ1) is 7.38. The molecule has 15 heavy (non-hydrogen) atoms. The summed E-state index contributed by atoms with van der Waals surface area (Å²) < 4.78 is 2.22. The molecule has 0 saturated heterocycles. The molecule has 0 radical (unpaired) electrons. The molecule has 0 unspecified atom stereocenters. The zero-order valence-corrected chi connectivity index (χ0v) is 8.51. The number of hydrogen-bond acceptors (Lipinski definition) is 2. The molecule has 0 bridgehead atoms. The van der Waals surface area contributed by atoms with E-state index in [2.05, 4.69) is 27.7 Å². The van der Waals surface area contributed by atoms with Crippen LogP contribution in [0.1, 0.15) is 11.3 Å². The Hall–Kier alpha value is -1.90. The van der Waals surface area contributed by atoms with E-state index in [1.54, 1.807) is 0 Å². The van der Waals surface area contributed by atoms with Gasteiger partial charge in [-0.05, 0) is 6.07 Å². The van der Waals surface area contributed by atoms with Crippen LogP contribution in [0, 0.1) is 0 Å². The Kier molecular flexibility index (Phi) is 1.71. The number of rotatable bonds is 0. The molecule has 0 aliphatic carbocycles. The van der Waals surface area contributed by atoms with Crippen LogP contribution < -0.4 is 0 Å². The molecule has 0 aromatic carbocycles. The van der Waals surface area contributed by atoms with E-state index in [0.29, 0.717) is 0 Å². The van der Waals surface area contributed by atoms with E-state index >= 15 is 0 Å². The molecule has 3 rings (SSSR count). The monoisotopic (exact) mass is 197 g/mol. The number of aryl methyl sites for hydroxylation is 1. The Labute approximate surface area is 87.8 Å². The molecule has 0 spiro atoms. The van der Waals surface area contributed by atoms with Crippen LogP contribution in [0.15, 0.2) is 35.7 Å². The molecule has 3 heteroatoms. The quantitative estimate of drug-likeness (QED) is 0.635. The first-order valence-electron chi connectivity index (χ1n) is 4.97. The highest BCUT2D eigenvalue weighted by Crippen LogP contribution is 2.24. The smallest absolute Gasteiger partial charge is 0.0517 e. The first-order valence-corrected chi connectivity index (χ1v) is 4.97. The van der Waals surface area contributed by atoms with Gasteiger partial charge in [0.2, 0.25) is 0 Å². The van der Waals surface area contributed by atoms with Gasteiger partial charge in [0.15, 0.2) is 0 Å². The second kappa shape index (κ2) is 3.05. The van der Waals surface area contributed by atoms with E-state index in [1.807, 2.05) is 30.9 Å². The summed E-state index contributed by atoms with van der Waals surface area (Å²) in [6, 6.07) is 2.04. The molecule has 3 heterocycles. The Balaban J connectivity index is 2.44. The lowest BCUT2D eigenvalue weighted by Gasteiger charge is -2.00. The van der Waals surface area contributed by atoms with Crippen molar-refractivity contribution in [1.29, 1.82) is 0 Å². The summed E-state index contributed by atoms with van der Waals surface area (Å²) in [4.78, 5) is 8.40. The highest BCUT2D eigenvalue weighted by Gasteiger charge is 2.13. The topological polar surface area (TPSA) is 30.2 Å². The number of nitrogens with zero attached hydrogens (tertiary/aromatic N) is 3. The average molecular weight is 197 g/mol. The zero-order valence-electron chi connectivity index (χ0n) is 8.51. The van der Waals surface area contributed by atoms with Crippen molar-refractivity contribution in [2.75, 3.05) is 0 Å². The minimum Gasteiger partial charge on any atom is -0.347 e. The van der Waals surface area contributed by atoms with Crippen molar-refractivity contribution in [2.45, 2.75) is 6.42 Å². The van der Waals surface area contributed by atoms with Crippen molar-refractivity contribution in [2.24, 2.45) is 12.0 Å². The molecular weight excluding hydrogens is 186 g/mol. The summed E-state index contributed by atoms with van der Waals surface area (Å²) in [6.45, 7) is 0. The predicted molar refractivity (Wildman–Crippen MR) is 61.2 cm³/mol. The maximum atomic E-state index is 4.23. The second-order valence-electron chi connectivity index (χ2n) is 3.68. The van der Waals surface area contributed by atoms with Crippen LogP contribution in [0.2, 0.25) is 0 Å². The minimum absolute atomic E-state index is 0.931. The van der Waals surface area contributed by atoms with Gasteiger partial charge in [-0.3, -0.25) is 9.98 Å². The third kappa shape index (κ3) is 1.13. The molecule has 0 atom stereocenters. The van der Waals surface area contributed by atoms with Crippen LogP contribution in [0.25, 0.3) is 10.9 Å². The van der Waals surface area contributed by atoms with E-state index in [4.69, 9.17) is 0 Å². The Morgan fingerprint density at radius 3 is 3.27 bits per heavy atom. The van der Waals surface area contributed by atoms with Crippen LogP contribution in [0.3, 0.4) is 0 Å². The first kappa shape index (κ1) is 8.41. The lowest BCUT2D eigenvalue weighted by atomic mass is 10.1. The van der Waals surface area contributed by atoms with Gasteiger partial charge in [0.05, 0.1) is 5.52 Å². The summed E-state index contributed by atoms with van der Waals surface area (Å²) in [6.07, 6.45) is 10.5. The van der Waals surface area contributed by atoms with Crippen LogP contribution >= 0.6 is 0 Å². The summed E-state index contributed by atoms with van der Waals surface area (Å²) in [7, 11) is 2.09. The molecule has 74 valence electrons. The van der Waals surface area contributed by atoms with Gasteiger partial charge in [0, 0.05) is 54.9 Å². The molecule has 0 saturated carbocycles. The number of pyridine rings is 1. The van der Waals surface area contributed by atoms with Crippen molar-refractivity contribution in [3.63, 3.8) is 0 Å². The summed E-state index contributed by atoms with van der Waals surface area (Å²) in [5.41, 5.74) is 3.72. The minimum atomic E-state index is 0.931. The normalized spacial score (nSPS) is 14.2. The zero-order chi connectivity index (χ0) is 10.3. The van der Waals surface area contributed by atoms with Gasteiger partial charge in [-0.1, -0.05) is 6.08 Å². The lowest BCUT2D eigenvalue weighted by molar-refractivity contribution is 0.888. The van der Waals surface area contributed by atoms with Crippen LogP contribution in [-0.4, -0.2) is 15.8 Å². The van der Waals surface area contributed by atoms with E-state index in [0.717, 1.165) is 6.42 Å². The summed E-state index contributed by atoms with van der Waals surface area (Å²) in [5, 5.41) is 1.18. The molecule has 2 aromatic heterocycles. The fraction of sp³-hybridized carbons (Fsp3) is 0.167. The number of fused-ring (bicyclic) bond motifs is 3. The lowest BCUT2D eigenvalue weighted by Crippen LogP contribution is -1.96. The number of allylic oxidation sites excluding steroid dienone is 1. The van der Waals surface area contributed by atoms with Crippen LogP contribution in [0.4, 0.5) is 0 Å². The molecule has 3 nitrogen and oxygen atoms in total. The van der Waals surface area contributed by atoms with Crippen molar-refractivity contribution >= 4 is 17.1 Å².